The molecule has 1 heterocycles. The Morgan fingerprint density at radius 3 is 2.12 bits per heavy atom. The van der Waals surface area contributed by atoms with E-state index in [1.807, 2.05) is 18.2 Å². The van der Waals surface area contributed by atoms with Gasteiger partial charge in [-0.25, -0.2) is 4.39 Å². The Kier molecular flexibility index (Phi) is 7.93. The van der Waals surface area contributed by atoms with Gasteiger partial charge in [-0.1, -0.05) is 94.5 Å². The maximum Gasteiger partial charge on any atom is 0.198 e. The van der Waals surface area contributed by atoms with Crippen LogP contribution in [0.3, 0.4) is 0 Å². The standard InChI is InChI=1S/C30H33FOS/c1-3-5-7-9-11-23-16-19-26-25-18-17-24(20-27(25)30(33)32-29(26)28(23)31)22-14-12-21(13-15-22)10-8-6-4-2/h12-20H,3-11H2,1-2H3. The SMILES string of the molecule is CCCCCCc1ccc2c(oc(=S)c3cc(-c4ccc(CCCCC)cc4)ccc32)c1F. The topological polar surface area (TPSA) is 13.1 Å². The molecule has 0 spiro atoms. The van der Waals surface area contributed by atoms with E-state index in [0.29, 0.717) is 10.3 Å². The number of benzene rings is 3. The molecule has 0 bridgehead atoms. The second-order valence-electron chi connectivity index (χ2n) is 9.03. The van der Waals surface area contributed by atoms with Crippen molar-refractivity contribution in [3.63, 3.8) is 0 Å². The molecule has 0 saturated carbocycles. The summed E-state index contributed by atoms with van der Waals surface area (Å²) in [6.45, 7) is 4.41. The molecule has 0 unspecified atom stereocenters. The van der Waals surface area contributed by atoms with Gasteiger partial charge in [0.05, 0.1) is 0 Å². The number of hydrogen-bond acceptors (Lipinski definition) is 2. The van der Waals surface area contributed by atoms with Gasteiger partial charge < -0.3 is 4.42 Å². The smallest absolute Gasteiger partial charge is 0.198 e. The second-order valence-corrected chi connectivity index (χ2v) is 9.40. The van der Waals surface area contributed by atoms with Crippen LogP contribution in [-0.4, -0.2) is 0 Å². The third-order valence-electron chi connectivity index (χ3n) is 6.56. The average molecular weight is 461 g/mol. The van der Waals surface area contributed by atoms with Crippen molar-refractivity contribution >= 4 is 34.0 Å². The Morgan fingerprint density at radius 2 is 1.36 bits per heavy atom. The minimum Gasteiger partial charge on any atom is -0.441 e. The maximum absolute atomic E-state index is 15.2. The van der Waals surface area contributed by atoms with Gasteiger partial charge in [-0.3, -0.25) is 0 Å². The molecule has 4 rings (SSSR count). The Hall–Kier alpha value is -2.52. The number of halogens is 1. The van der Waals surface area contributed by atoms with E-state index in [2.05, 4.69) is 50.2 Å². The van der Waals surface area contributed by atoms with Crippen LogP contribution in [0.2, 0.25) is 0 Å². The van der Waals surface area contributed by atoms with Crippen LogP contribution in [0.5, 0.6) is 0 Å². The van der Waals surface area contributed by atoms with Gasteiger partial charge in [0.2, 0.25) is 0 Å². The summed E-state index contributed by atoms with van der Waals surface area (Å²) in [6, 6.07) is 18.9. The molecular weight excluding hydrogens is 427 g/mol. The monoisotopic (exact) mass is 460 g/mol. The quantitative estimate of drug-likeness (QED) is 0.133. The summed E-state index contributed by atoms with van der Waals surface area (Å²) in [5.41, 5.74) is 4.62. The third kappa shape index (κ3) is 5.35. The van der Waals surface area contributed by atoms with Gasteiger partial charge >= 0.3 is 0 Å². The first-order chi connectivity index (χ1) is 16.1. The molecule has 0 aliphatic rings. The minimum atomic E-state index is -0.264. The Bertz CT molecular complexity index is 1290. The van der Waals surface area contributed by atoms with Crippen molar-refractivity contribution in [1.82, 2.24) is 0 Å². The molecule has 1 aromatic heterocycles. The molecule has 1 nitrogen and oxygen atoms in total. The summed E-state index contributed by atoms with van der Waals surface area (Å²) in [5, 5.41) is 2.58. The van der Waals surface area contributed by atoms with Gasteiger partial charge in [0.1, 0.15) is 0 Å². The number of unbranched alkanes of at least 4 members (excludes halogenated alkanes) is 5. The van der Waals surface area contributed by atoms with Crippen molar-refractivity contribution in [2.75, 3.05) is 0 Å². The third-order valence-corrected chi connectivity index (χ3v) is 6.86. The Labute approximate surface area is 201 Å². The highest BCUT2D eigenvalue weighted by molar-refractivity contribution is 7.71. The van der Waals surface area contributed by atoms with Crippen LogP contribution in [0, 0.1) is 10.5 Å². The Morgan fingerprint density at radius 1 is 0.697 bits per heavy atom. The minimum absolute atomic E-state index is 0.264. The second kappa shape index (κ2) is 11.1. The molecule has 3 heteroatoms. The molecule has 172 valence electrons. The van der Waals surface area contributed by atoms with Gasteiger partial charge in [-0.2, -0.15) is 0 Å². The lowest BCUT2D eigenvalue weighted by molar-refractivity contribution is 0.535. The zero-order chi connectivity index (χ0) is 23.2. The molecule has 0 radical (unpaired) electrons. The van der Waals surface area contributed by atoms with Crippen LogP contribution < -0.4 is 0 Å². The van der Waals surface area contributed by atoms with E-state index in [1.165, 1.54) is 37.7 Å². The van der Waals surface area contributed by atoms with Gasteiger partial charge in [0.15, 0.2) is 16.1 Å². The van der Waals surface area contributed by atoms with Crippen LogP contribution in [0.4, 0.5) is 4.39 Å². The van der Waals surface area contributed by atoms with E-state index in [-0.39, 0.29) is 11.4 Å². The van der Waals surface area contributed by atoms with Crippen LogP contribution in [-0.2, 0) is 12.8 Å². The van der Waals surface area contributed by atoms with Crippen molar-refractivity contribution in [2.45, 2.75) is 71.6 Å². The van der Waals surface area contributed by atoms with E-state index in [0.717, 1.165) is 53.0 Å². The molecule has 0 amide bonds. The zero-order valence-electron chi connectivity index (χ0n) is 19.8. The van der Waals surface area contributed by atoms with E-state index in [9.17, 15) is 0 Å². The molecule has 0 fully saturated rings. The summed E-state index contributed by atoms with van der Waals surface area (Å²) >= 11 is 5.56. The van der Waals surface area contributed by atoms with E-state index in [4.69, 9.17) is 16.6 Å². The van der Waals surface area contributed by atoms with Gasteiger partial charge in [0.25, 0.3) is 0 Å². The molecule has 33 heavy (non-hydrogen) atoms. The lowest BCUT2D eigenvalue weighted by Gasteiger charge is -2.10. The molecule has 0 aliphatic carbocycles. The first-order valence-electron chi connectivity index (χ1n) is 12.4. The highest BCUT2D eigenvalue weighted by Gasteiger charge is 2.14. The van der Waals surface area contributed by atoms with Crippen molar-refractivity contribution in [1.29, 1.82) is 0 Å². The van der Waals surface area contributed by atoms with E-state index < -0.39 is 0 Å². The van der Waals surface area contributed by atoms with Gasteiger partial charge in [-0.05, 0) is 71.6 Å². The lowest BCUT2D eigenvalue weighted by Crippen LogP contribution is -1.94. The van der Waals surface area contributed by atoms with Crippen LogP contribution in [0.1, 0.15) is 69.9 Å². The molecule has 0 atom stereocenters. The fourth-order valence-electron chi connectivity index (χ4n) is 4.56. The van der Waals surface area contributed by atoms with Crippen molar-refractivity contribution in [2.24, 2.45) is 0 Å². The summed E-state index contributed by atoms with van der Waals surface area (Å²) in [5.74, 6) is -0.264. The molecule has 3 aromatic carbocycles. The molecule has 0 saturated heterocycles. The summed E-state index contributed by atoms with van der Waals surface area (Å²) in [6.07, 6.45) is 10.1. The van der Waals surface area contributed by atoms with Crippen molar-refractivity contribution in [3.8, 4) is 11.1 Å². The highest BCUT2D eigenvalue weighted by atomic mass is 32.1. The number of hydrogen-bond donors (Lipinski definition) is 0. The summed E-state index contributed by atoms with van der Waals surface area (Å²) in [7, 11) is 0. The van der Waals surface area contributed by atoms with E-state index >= 15 is 4.39 Å². The predicted molar refractivity (Wildman–Crippen MR) is 141 cm³/mol. The highest BCUT2D eigenvalue weighted by Crippen LogP contribution is 2.33. The molecule has 0 aliphatic heterocycles. The van der Waals surface area contributed by atoms with Gasteiger partial charge in [-0.15, -0.1) is 0 Å². The van der Waals surface area contributed by atoms with Crippen molar-refractivity contribution in [3.05, 3.63) is 76.2 Å². The molecule has 0 N–H and O–H groups in total. The first kappa shape index (κ1) is 23.6. The van der Waals surface area contributed by atoms with Crippen LogP contribution in [0.25, 0.3) is 32.9 Å². The summed E-state index contributed by atoms with van der Waals surface area (Å²) < 4.78 is 21.5. The largest absolute Gasteiger partial charge is 0.441 e. The molecular formula is C30H33FOS. The average Bonchev–Trinajstić information content (AvgIpc) is 2.84. The van der Waals surface area contributed by atoms with Crippen molar-refractivity contribution < 1.29 is 8.81 Å². The maximum atomic E-state index is 15.2. The fourth-order valence-corrected chi connectivity index (χ4v) is 4.81. The molecule has 4 aromatic rings. The lowest BCUT2D eigenvalue weighted by atomic mass is 9.97. The summed E-state index contributed by atoms with van der Waals surface area (Å²) in [4.78, 5) is 0. The fraction of sp³-hybridized carbons (Fsp3) is 0.367. The van der Waals surface area contributed by atoms with Crippen LogP contribution in [0.15, 0.2) is 59.0 Å². The number of fused-ring (bicyclic) bond motifs is 3. The van der Waals surface area contributed by atoms with Crippen LogP contribution >= 0.6 is 12.2 Å². The number of aryl methyl sites for hydroxylation is 2. The zero-order valence-corrected chi connectivity index (χ0v) is 20.6. The van der Waals surface area contributed by atoms with Gasteiger partial charge in [0, 0.05) is 10.8 Å². The Balaban J connectivity index is 1.65. The predicted octanol–water partition coefficient (Wildman–Crippen LogP) is 9.98. The van der Waals surface area contributed by atoms with E-state index in [1.54, 1.807) is 0 Å². The first-order valence-corrected chi connectivity index (χ1v) is 12.8. The normalized spacial score (nSPS) is 11.5. The number of rotatable bonds is 10.